The number of ether oxygens (including phenoxy) is 7. The van der Waals surface area contributed by atoms with E-state index in [2.05, 4.69) is 0 Å². The SMILES string of the molecule is C[C@@H]1O[C@@H](O[C@@H]2[C@@H](O)[C@@H](O)[C@@H](C)O[C@H]2O)[C@H](O)[C@H](O)[C@H]1O[C@@H]1OC[C@@H](O[C@@H]2O[C@H](CO)[C@H](O)[C@H](O)[C@H]2O)[C@H](O)[C@H]1O. The zero-order chi connectivity index (χ0) is 30.3. The highest BCUT2D eigenvalue weighted by Crippen LogP contribution is 2.32. The van der Waals surface area contributed by atoms with Crippen molar-refractivity contribution in [2.24, 2.45) is 0 Å². The van der Waals surface area contributed by atoms with Gasteiger partial charge in [0, 0.05) is 0 Å². The molecule has 41 heavy (non-hydrogen) atoms. The molecule has 4 heterocycles. The van der Waals surface area contributed by atoms with Gasteiger partial charge in [-0.3, -0.25) is 0 Å². The zero-order valence-electron chi connectivity index (χ0n) is 22.2. The lowest BCUT2D eigenvalue weighted by Crippen LogP contribution is -2.65. The van der Waals surface area contributed by atoms with Crippen molar-refractivity contribution in [2.45, 2.75) is 131 Å². The second-order valence-electron chi connectivity index (χ2n) is 10.7. The summed E-state index contributed by atoms with van der Waals surface area (Å²) in [5, 5.41) is 112. The highest BCUT2D eigenvalue weighted by atomic mass is 16.8. The quantitative estimate of drug-likeness (QED) is 0.129. The molecule has 4 rings (SSSR count). The normalized spacial score (nSPS) is 55.1. The number of aliphatic hydroxyl groups excluding tert-OH is 11. The lowest BCUT2D eigenvalue weighted by atomic mass is 9.97. The predicted molar refractivity (Wildman–Crippen MR) is 125 cm³/mol. The number of rotatable bonds is 7. The van der Waals surface area contributed by atoms with E-state index in [4.69, 9.17) is 33.2 Å². The number of hydrogen-bond acceptors (Lipinski definition) is 18. The summed E-state index contributed by atoms with van der Waals surface area (Å²) in [5.41, 5.74) is 0. The van der Waals surface area contributed by atoms with Gasteiger partial charge >= 0.3 is 0 Å². The molecule has 0 bridgehead atoms. The molecular weight excluding hydrogens is 564 g/mol. The molecule has 18 nitrogen and oxygen atoms in total. The van der Waals surface area contributed by atoms with E-state index in [0.717, 1.165) is 0 Å². The lowest BCUT2D eigenvalue weighted by Gasteiger charge is -2.47. The van der Waals surface area contributed by atoms with Crippen LogP contribution in [0.1, 0.15) is 13.8 Å². The minimum atomic E-state index is -1.81. The van der Waals surface area contributed by atoms with Gasteiger partial charge in [-0.2, -0.15) is 0 Å². The van der Waals surface area contributed by atoms with Gasteiger partial charge in [0.1, 0.15) is 79.4 Å². The second kappa shape index (κ2) is 13.5. The van der Waals surface area contributed by atoms with Crippen LogP contribution in [0.25, 0.3) is 0 Å². The summed E-state index contributed by atoms with van der Waals surface area (Å²) in [6, 6.07) is 0. The average Bonchev–Trinajstić information content (AvgIpc) is 2.94. The molecule has 4 fully saturated rings. The number of hydrogen-bond donors (Lipinski definition) is 11. The van der Waals surface area contributed by atoms with Gasteiger partial charge in [0.2, 0.25) is 0 Å². The largest absolute Gasteiger partial charge is 0.394 e. The summed E-state index contributed by atoms with van der Waals surface area (Å²) in [6.45, 7) is 1.71. The van der Waals surface area contributed by atoms with E-state index in [0.29, 0.717) is 0 Å². The molecule has 0 aromatic rings. The van der Waals surface area contributed by atoms with Crippen molar-refractivity contribution in [3.8, 4) is 0 Å². The van der Waals surface area contributed by atoms with Crippen molar-refractivity contribution in [2.75, 3.05) is 13.2 Å². The van der Waals surface area contributed by atoms with Gasteiger partial charge in [0.05, 0.1) is 25.4 Å². The minimum absolute atomic E-state index is 0.442. The Morgan fingerprint density at radius 3 is 1.76 bits per heavy atom. The third-order valence-electron chi connectivity index (χ3n) is 7.75. The van der Waals surface area contributed by atoms with Crippen LogP contribution in [0.5, 0.6) is 0 Å². The fourth-order valence-corrected chi connectivity index (χ4v) is 5.14. The maximum Gasteiger partial charge on any atom is 0.187 e. The molecule has 0 aliphatic carbocycles. The van der Waals surface area contributed by atoms with E-state index in [1.54, 1.807) is 0 Å². The van der Waals surface area contributed by atoms with Crippen LogP contribution in [0, 0.1) is 0 Å². The Morgan fingerprint density at radius 1 is 0.537 bits per heavy atom. The van der Waals surface area contributed by atoms with Crippen molar-refractivity contribution < 1.29 is 89.3 Å². The molecular formula is C23H40O18. The Morgan fingerprint density at radius 2 is 1.10 bits per heavy atom. The van der Waals surface area contributed by atoms with Crippen LogP contribution in [0.15, 0.2) is 0 Å². The summed E-state index contributed by atoms with van der Waals surface area (Å²) in [7, 11) is 0. The van der Waals surface area contributed by atoms with Gasteiger partial charge in [-0.1, -0.05) is 0 Å². The van der Waals surface area contributed by atoms with Crippen LogP contribution < -0.4 is 0 Å². The van der Waals surface area contributed by atoms with E-state index < -0.39 is 130 Å². The fourth-order valence-electron chi connectivity index (χ4n) is 5.14. The first-order chi connectivity index (χ1) is 19.3. The standard InChI is InChI=1S/C23H40O18/c1-5-9(25)13(29)19(20(34)36-5)41-22-17(33)14(30)18(6(2)37-22)40-21-15(31)11(27)8(4-35-21)39-23-16(32)12(28)10(26)7(3-24)38-23/h5-34H,3-4H2,1-2H3/t5-,6+,7-,8-,9+,10+,11+,12+,13+,14+,15-,16-,17-,18+,19-,20-,21+,22+,23+/m1/s1. The Hall–Kier alpha value is -0.720. The van der Waals surface area contributed by atoms with Gasteiger partial charge in [-0.05, 0) is 13.8 Å². The molecule has 0 aromatic heterocycles. The predicted octanol–water partition coefficient (Wildman–Crippen LogP) is -7.05. The first-order valence-corrected chi connectivity index (χ1v) is 13.2. The zero-order valence-corrected chi connectivity index (χ0v) is 22.2. The molecule has 11 N–H and O–H groups in total. The Labute approximate surface area is 233 Å². The molecule has 0 amide bonds. The molecule has 19 atom stereocenters. The van der Waals surface area contributed by atoms with Crippen molar-refractivity contribution in [1.29, 1.82) is 0 Å². The highest BCUT2D eigenvalue weighted by molar-refractivity contribution is 4.95. The van der Waals surface area contributed by atoms with Gasteiger partial charge < -0.3 is 89.3 Å². The van der Waals surface area contributed by atoms with Crippen molar-refractivity contribution in [1.82, 2.24) is 0 Å². The molecule has 0 radical (unpaired) electrons. The molecule has 4 aliphatic heterocycles. The van der Waals surface area contributed by atoms with E-state index in [1.807, 2.05) is 0 Å². The summed E-state index contributed by atoms with van der Waals surface area (Å²) in [4.78, 5) is 0. The molecule has 240 valence electrons. The van der Waals surface area contributed by atoms with E-state index in [1.165, 1.54) is 13.8 Å². The van der Waals surface area contributed by atoms with Crippen molar-refractivity contribution in [3.05, 3.63) is 0 Å². The monoisotopic (exact) mass is 604 g/mol. The topological polar surface area (TPSA) is 287 Å². The molecule has 18 heteroatoms. The molecule has 0 spiro atoms. The fraction of sp³-hybridized carbons (Fsp3) is 1.00. The van der Waals surface area contributed by atoms with Gasteiger partial charge in [0.15, 0.2) is 25.2 Å². The third-order valence-corrected chi connectivity index (χ3v) is 7.75. The number of aliphatic hydroxyl groups is 11. The van der Waals surface area contributed by atoms with Crippen LogP contribution in [-0.2, 0) is 33.2 Å². The molecule has 0 unspecified atom stereocenters. The highest BCUT2D eigenvalue weighted by Gasteiger charge is 2.52. The Kier molecular flexibility index (Phi) is 10.9. The third kappa shape index (κ3) is 6.70. The van der Waals surface area contributed by atoms with Crippen LogP contribution in [-0.4, -0.2) is 186 Å². The molecule has 4 aliphatic rings. The smallest absolute Gasteiger partial charge is 0.187 e. The second-order valence-corrected chi connectivity index (χ2v) is 10.7. The summed E-state index contributed by atoms with van der Waals surface area (Å²) < 4.78 is 37.9. The average molecular weight is 605 g/mol. The summed E-state index contributed by atoms with van der Waals surface area (Å²) in [5.74, 6) is 0. The van der Waals surface area contributed by atoms with E-state index in [-0.39, 0.29) is 0 Å². The van der Waals surface area contributed by atoms with Gasteiger partial charge in [-0.25, -0.2) is 0 Å². The van der Waals surface area contributed by atoms with Gasteiger partial charge in [0.25, 0.3) is 0 Å². The Bertz CT molecular complexity index is 836. The van der Waals surface area contributed by atoms with Crippen LogP contribution in [0.3, 0.4) is 0 Å². The van der Waals surface area contributed by atoms with Crippen molar-refractivity contribution in [3.63, 3.8) is 0 Å². The first kappa shape index (κ1) is 33.2. The first-order valence-electron chi connectivity index (χ1n) is 13.2. The Balaban J connectivity index is 1.33. The maximum absolute atomic E-state index is 10.7. The summed E-state index contributed by atoms with van der Waals surface area (Å²) in [6.07, 6.45) is -29.0. The van der Waals surface area contributed by atoms with Crippen LogP contribution >= 0.6 is 0 Å². The summed E-state index contributed by atoms with van der Waals surface area (Å²) >= 11 is 0. The molecule has 0 saturated carbocycles. The maximum atomic E-state index is 10.7. The lowest BCUT2D eigenvalue weighted by molar-refractivity contribution is -0.377. The van der Waals surface area contributed by atoms with Crippen LogP contribution in [0.4, 0.5) is 0 Å². The van der Waals surface area contributed by atoms with Crippen molar-refractivity contribution >= 4 is 0 Å². The molecule has 0 aromatic carbocycles. The van der Waals surface area contributed by atoms with Gasteiger partial charge in [-0.15, -0.1) is 0 Å². The minimum Gasteiger partial charge on any atom is -0.394 e. The van der Waals surface area contributed by atoms with E-state index >= 15 is 0 Å². The molecule has 4 saturated heterocycles. The van der Waals surface area contributed by atoms with E-state index in [9.17, 15) is 56.2 Å². The van der Waals surface area contributed by atoms with Crippen LogP contribution in [0.2, 0.25) is 0 Å².